The van der Waals surface area contributed by atoms with Crippen LogP contribution in [0.15, 0.2) is 0 Å². The van der Waals surface area contributed by atoms with Gasteiger partial charge in [0.1, 0.15) is 23.5 Å². The molecular formula is C15H20O6. The molecule has 0 aromatic rings. The SMILES string of the molecule is CC(C)(C)C(=O)OC[C@@]12CC[C@@H](O1)[C@H]1C(=O)OC(=O)[C@]12C. The molecule has 3 aliphatic heterocycles. The number of hydrogen-bond donors (Lipinski definition) is 0. The van der Waals surface area contributed by atoms with Gasteiger partial charge in [-0.15, -0.1) is 0 Å². The maximum atomic E-state index is 12.2. The molecule has 0 unspecified atom stereocenters. The van der Waals surface area contributed by atoms with Gasteiger partial charge in [0.05, 0.1) is 11.5 Å². The number of hydrogen-bond acceptors (Lipinski definition) is 6. The van der Waals surface area contributed by atoms with E-state index in [4.69, 9.17) is 14.2 Å². The molecule has 0 N–H and O–H groups in total. The number of esters is 3. The number of ether oxygens (including phenoxy) is 3. The monoisotopic (exact) mass is 296 g/mol. The first-order chi connectivity index (χ1) is 9.62. The molecule has 3 saturated heterocycles. The summed E-state index contributed by atoms with van der Waals surface area (Å²) in [6.45, 7) is 6.96. The van der Waals surface area contributed by atoms with Crippen molar-refractivity contribution in [2.24, 2.45) is 16.7 Å². The minimum atomic E-state index is -1.05. The second kappa shape index (κ2) is 4.06. The predicted molar refractivity (Wildman–Crippen MR) is 69.9 cm³/mol. The summed E-state index contributed by atoms with van der Waals surface area (Å²) in [4.78, 5) is 36.0. The van der Waals surface area contributed by atoms with Gasteiger partial charge in [-0.05, 0) is 40.5 Å². The first-order valence-corrected chi connectivity index (χ1v) is 7.23. The number of cyclic esters (lactones) is 2. The smallest absolute Gasteiger partial charge is 0.323 e. The Hall–Kier alpha value is -1.43. The highest BCUT2D eigenvalue weighted by molar-refractivity contribution is 6.01. The molecule has 3 fully saturated rings. The molecule has 0 spiro atoms. The van der Waals surface area contributed by atoms with Crippen molar-refractivity contribution in [2.45, 2.75) is 52.2 Å². The lowest BCUT2D eigenvalue weighted by Gasteiger charge is -2.38. The molecule has 0 radical (unpaired) electrons. The average Bonchev–Trinajstić information content (AvgIpc) is 2.96. The van der Waals surface area contributed by atoms with Crippen LogP contribution in [0.1, 0.15) is 40.5 Å². The highest BCUT2D eigenvalue weighted by atomic mass is 16.6. The van der Waals surface area contributed by atoms with Crippen LogP contribution in [0, 0.1) is 16.7 Å². The van der Waals surface area contributed by atoms with Gasteiger partial charge in [-0.2, -0.15) is 0 Å². The van der Waals surface area contributed by atoms with Crippen LogP contribution in [0.4, 0.5) is 0 Å². The molecule has 0 saturated carbocycles. The second-order valence-electron chi connectivity index (χ2n) is 7.40. The largest absolute Gasteiger partial charge is 0.462 e. The van der Waals surface area contributed by atoms with Crippen LogP contribution in [0.2, 0.25) is 0 Å². The molecule has 0 aromatic heterocycles. The van der Waals surface area contributed by atoms with E-state index in [1.807, 2.05) is 0 Å². The van der Waals surface area contributed by atoms with E-state index in [0.717, 1.165) is 0 Å². The third-order valence-electron chi connectivity index (χ3n) is 5.07. The lowest BCUT2D eigenvalue weighted by Crippen LogP contribution is -2.53. The van der Waals surface area contributed by atoms with Crippen LogP contribution in [-0.2, 0) is 28.6 Å². The number of carbonyl (C=O) groups excluding carboxylic acids is 3. The molecule has 0 aromatic carbocycles. The van der Waals surface area contributed by atoms with E-state index >= 15 is 0 Å². The third-order valence-corrected chi connectivity index (χ3v) is 5.07. The summed E-state index contributed by atoms with van der Waals surface area (Å²) in [5.41, 5.74) is -2.61. The molecule has 3 aliphatic rings. The van der Waals surface area contributed by atoms with Gasteiger partial charge in [-0.25, -0.2) is 0 Å². The summed E-state index contributed by atoms with van der Waals surface area (Å²) in [5.74, 6) is -2.01. The highest BCUT2D eigenvalue weighted by Crippen LogP contribution is 2.62. The molecule has 3 rings (SSSR count). The number of fused-ring (bicyclic) bond motifs is 5. The van der Waals surface area contributed by atoms with Crippen molar-refractivity contribution >= 4 is 17.9 Å². The topological polar surface area (TPSA) is 78.9 Å². The Morgan fingerprint density at radius 2 is 2.05 bits per heavy atom. The van der Waals surface area contributed by atoms with E-state index < -0.39 is 34.3 Å². The van der Waals surface area contributed by atoms with Crippen molar-refractivity contribution in [3.05, 3.63) is 0 Å². The van der Waals surface area contributed by atoms with Crippen LogP contribution in [-0.4, -0.2) is 36.2 Å². The average molecular weight is 296 g/mol. The van der Waals surface area contributed by atoms with Crippen molar-refractivity contribution in [3.8, 4) is 0 Å². The molecule has 0 aliphatic carbocycles. The summed E-state index contributed by atoms with van der Waals surface area (Å²) in [6.07, 6.45) is 0.947. The van der Waals surface area contributed by atoms with Crippen molar-refractivity contribution in [2.75, 3.05) is 6.61 Å². The standard InChI is InChI=1S/C15H20O6/c1-13(2,3)11(17)19-7-15-6-5-8(21-15)9-10(16)20-12(18)14(9,15)4/h8-9H,5-7H2,1-4H3/t8-,9+,14+,15-/m1/s1. The minimum absolute atomic E-state index is 0.0189. The van der Waals surface area contributed by atoms with E-state index in [0.29, 0.717) is 12.8 Å². The molecule has 4 atom stereocenters. The fourth-order valence-corrected chi connectivity index (χ4v) is 3.67. The number of rotatable bonds is 2. The van der Waals surface area contributed by atoms with Gasteiger partial charge in [-0.3, -0.25) is 14.4 Å². The van der Waals surface area contributed by atoms with Crippen LogP contribution in [0.3, 0.4) is 0 Å². The van der Waals surface area contributed by atoms with Gasteiger partial charge in [0.15, 0.2) is 0 Å². The number of carbonyl (C=O) groups is 3. The Morgan fingerprint density at radius 1 is 1.38 bits per heavy atom. The molecular weight excluding hydrogens is 276 g/mol. The van der Waals surface area contributed by atoms with Crippen LogP contribution < -0.4 is 0 Å². The fraction of sp³-hybridized carbons (Fsp3) is 0.800. The maximum Gasteiger partial charge on any atom is 0.323 e. The Morgan fingerprint density at radius 3 is 2.67 bits per heavy atom. The normalized spacial score (nSPS) is 41.1. The second-order valence-corrected chi connectivity index (χ2v) is 7.40. The fourth-order valence-electron chi connectivity index (χ4n) is 3.67. The van der Waals surface area contributed by atoms with Crippen molar-refractivity contribution in [1.82, 2.24) is 0 Å². The lowest BCUT2D eigenvalue weighted by atomic mass is 9.62. The molecule has 6 heteroatoms. The molecule has 2 bridgehead atoms. The van der Waals surface area contributed by atoms with Crippen molar-refractivity contribution in [3.63, 3.8) is 0 Å². The Bertz CT molecular complexity index is 533. The molecule has 6 nitrogen and oxygen atoms in total. The van der Waals surface area contributed by atoms with E-state index in [1.165, 1.54) is 0 Å². The van der Waals surface area contributed by atoms with Gasteiger partial charge >= 0.3 is 17.9 Å². The Labute approximate surface area is 123 Å². The van der Waals surface area contributed by atoms with Gasteiger partial charge in [-0.1, -0.05) is 0 Å². The predicted octanol–water partition coefficient (Wildman–Crippen LogP) is 1.21. The Kier molecular flexibility index (Phi) is 2.81. The van der Waals surface area contributed by atoms with Crippen molar-refractivity contribution < 1.29 is 28.6 Å². The van der Waals surface area contributed by atoms with E-state index in [9.17, 15) is 14.4 Å². The minimum Gasteiger partial charge on any atom is -0.462 e. The summed E-state index contributed by atoms with van der Waals surface area (Å²) < 4.78 is 16.1. The summed E-state index contributed by atoms with van der Waals surface area (Å²) in [6, 6.07) is 0. The van der Waals surface area contributed by atoms with Crippen LogP contribution in [0.5, 0.6) is 0 Å². The first-order valence-electron chi connectivity index (χ1n) is 7.23. The Balaban J connectivity index is 1.86. The van der Waals surface area contributed by atoms with Gasteiger partial charge in [0.2, 0.25) is 0 Å². The van der Waals surface area contributed by atoms with Gasteiger partial charge in [0.25, 0.3) is 0 Å². The third kappa shape index (κ3) is 1.71. The zero-order valence-corrected chi connectivity index (χ0v) is 12.7. The van der Waals surface area contributed by atoms with Gasteiger partial charge < -0.3 is 14.2 Å². The first kappa shape index (κ1) is 14.5. The van der Waals surface area contributed by atoms with E-state index in [2.05, 4.69) is 0 Å². The van der Waals surface area contributed by atoms with E-state index in [1.54, 1.807) is 27.7 Å². The van der Waals surface area contributed by atoms with Gasteiger partial charge in [0, 0.05) is 0 Å². The zero-order chi connectivity index (χ0) is 15.6. The lowest BCUT2D eigenvalue weighted by molar-refractivity contribution is -0.176. The zero-order valence-electron chi connectivity index (χ0n) is 12.7. The quantitative estimate of drug-likeness (QED) is 0.563. The van der Waals surface area contributed by atoms with Crippen molar-refractivity contribution in [1.29, 1.82) is 0 Å². The molecule has 116 valence electrons. The summed E-state index contributed by atoms with van der Waals surface area (Å²) in [7, 11) is 0. The van der Waals surface area contributed by atoms with Crippen LogP contribution >= 0.6 is 0 Å². The van der Waals surface area contributed by atoms with Crippen LogP contribution in [0.25, 0.3) is 0 Å². The molecule has 3 heterocycles. The van der Waals surface area contributed by atoms with E-state index in [-0.39, 0.29) is 18.7 Å². The summed E-state index contributed by atoms with van der Waals surface area (Å²) >= 11 is 0. The molecule has 21 heavy (non-hydrogen) atoms. The maximum absolute atomic E-state index is 12.2. The summed E-state index contributed by atoms with van der Waals surface area (Å²) in [5, 5.41) is 0. The molecule has 0 amide bonds. The highest BCUT2D eigenvalue weighted by Gasteiger charge is 2.77.